The van der Waals surface area contributed by atoms with Crippen LogP contribution >= 0.6 is 0 Å². The maximum atomic E-state index is 14.2. The standard InChI is InChI=1S/C17H24BFO4/c1-16(2)17(3,4)23-18(22-16)14-9-13(5-6-15(14)19)21-11-12-7-8-20-10-12/h5-6,9,12H,7-8,10-11H2,1-4H3. The van der Waals surface area contributed by atoms with Gasteiger partial charge in [0.15, 0.2) is 0 Å². The molecule has 2 saturated heterocycles. The Morgan fingerprint density at radius 3 is 2.52 bits per heavy atom. The van der Waals surface area contributed by atoms with Crippen molar-refractivity contribution in [2.75, 3.05) is 19.8 Å². The van der Waals surface area contributed by atoms with Crippen molar-refractivity contribution in [3.63, 3.8) is 0 Å². The van der Waals surface area contributed by atoms with Gasteiger partial charge in [0.25, 0.3) is 0 Å². The van der Waals surface area contributed by atoms with Crippen LogP contribution in [0.5, 0.6) is 5.75 Å². The first-order valence-electron chi connectivity index (χ1n) is 8.14. The topological polar surface area (TPSA) is 36.9 Å². The van der Waals surface area contributed by atoms with Crippen LogP contribution in [0.25, 0.3) is 0 Å². The monoisotopic (exact) mass is 322 g/mol. The van der Waals surface area contributed by atoms with E-state index in [1.165, 1.54) is 6.07 Å². The van der Waals surface area contributed by atoms with Crippen molar-refractivity contribution in [1.29, 1.82) is 0 Å². The van der Waals surface area contributed by atoms with Crippen LogP contribution in [-0.2, 0) is 14.0 Å². The molecule has 126 valence electrons. The van der Waals surface area contributed by atoms with Crippen LogP contribution in [-0.4, -0.2) is 38.1 Å². The summed E-state index contributed by atoms with van der Waals surface area (Å²) in [6.45, 7) is 9.89. The molecule has 4 nitrogen and oxygen atoms in total. The molecule has 1 aromatic carbocycles. The van der Waals surface area contributed by atoms with Gasteiger partial charge < -0.3 is 18.8 Å². The summed E-state index contributed by atoms with van der Waals surface area (Å²) in [6.07, 6.45) is 1.01. The summed E-state index contributed by atoms with van der Waals surface area (Å²) in [4.78, 5) is 0. The van der Waals surface area contributed by atoms with E-state index in [2.05, 4.69) is 0 Å². The third-order valence-corrected chi connectivity index (χ3v) is 4.98. The Morgan fingerprint density at radius 1 is 1.22 bits per heavy atom. The lowest BCUT2D eigenvalue weighted by Gasteiger charge is -2.32. The normalized spacial score (nSPS) is 25.8. The highest BCUT2D eigenvalue weighted by molar-refractivity contribution is 6.62. The van der Waals surface area contributed by atoms with Crippen molar-refractivity contribution >= 4 is 12.6 Å². The van der Waals surface area contributed by atoms with E-state index in [0.717, 1.165) is 19.6 Å². The molecule has 2 aliphatic rings. The van der Waals surface area contributed by atoms with Gasteiger partial charge >= 0.3 is 7.12 Å². The van der Waals surface area contributed by atoms with Crippen molar-refractivity contribution in [3.05, 3.63) is 24.0 Å². The van der Waals surface area contributed by atoms with Crippen LogP contribution in [0.2, 0.25) is 0 Å². The Balaban J connectivity index is 1.73. The number of ether oxygens (including phenoxy) is 2. The smallest absolute Gasteiger partial charge is 0.493 e. The second-order valence-corrected chi connectivity index (χ2v) is 7.31. The molecule has 0 aliphatic carbocycles. The highest BCUT2D eigenvalue weighted by atomic mass is 19.1. The quantitative estimate of drug-likeness (QED) is 0.799. The maximum Gasteiger partial charge on any atom is 0.497 e. The molecule has 23 heavy (non-hydrogen) atoms. The van der Waals surface area contributed by atoms with Gasteiger partial charge in [-0.05, 0) is 52.3 Å². The molecule has 0 aromatic heterocycles. The second kappa shape index (κ2) is 6.08. The van der Waals surface area contributed by atoms with Crippen LogP contribution in [0.3, 0.4) is 0 Å². The number of rotatable bonds is 4. The van der Waals surface area contributed by atoms with E-state index in [1.807, 2.05) is 27.7 Å². The Hall–Kier alpha value is -1.11. The second-order valence-electron chi connectivity index (χ2n) is 7.31. The van der Waals surface area contributed by atoms with Crippen LogP contribution in [0, 0.1) is 11.7 Å². The molecular weight excluding hydrogens is 298 g/mol. The van der Waals surface area contributed by atoms with E-state index in [-0.39, 0.29) is 5.82 Å². The van der Waals surface area contributed by atoms with Gasteiger partial charge in [-0.2, -0.15) is 0 Å². The molecule has 1 unspecified atom stereocenters. The lowest BCUT2D eigenvalue weighted by molar-refractivity contribution is 0.00578. The molecule has 0 saturated carbocycles. The summed E-state index contributed by atoms with van der Waals surface area (Å²) in [5, 5.41) is 0. The fraction of sp³-hybridized carbons (Fsp3) is 0.647. The molecule has 2 aliphatic heterocycles. The molecule has 0 radical (unpaired) electrons. The minimum absolute atomic E-state index is 0.347. The van der Waals surface area contributed by atoms with Gasteiger partial charge in [0.2, 0.25) is 0 Å². The maximum absolute atomic E-state index is 14.2. The molecule has 0 bridgehead atoms. The predicted octanol–water partition coefficient (Wildman–Crippen LogP) is 2.54. The lowest BCUT2D eigenvalue weighted by Crippen LogP contribution is -2.41. The zero-order chi connectivity index (χ0) is 16.7. The fourth-order valence-corrected chi connectivity index (χ4v) is 2.69. The zero-order valence-electron chi connectivity index (χ0n) is 14.2. The number of halogens is 1. The Morgan fingerprint density at radius 2 is 1.91 bits per heavy atom. The molecule has 0 N–H and O–H groups in total. The van der Waals surface area contributed by atoms with Crippen molar-refractivity contribution < 1.29 is 23.2 Å². The Labute approximate surface area is 137 Å². The summed E-state index contributed by atoms with van der Waals surface area (Å²) < 4.78 is 37.2. The third kappa shape index (κ3) is 3.39. The molecule has 0 amide bonds. The van der Waals surface area contributed by atoms with Crippen LogP contribution in [0.1, 0.15) is 34.1 Å². The average molecular weight is 322 g/mol. The van der Waals surface area contributed by atoms with Crippen LogP contribution < -0.4 is 10.2 Å². The van der Waals surface area contributed by atoms with Crippen LogP contribution in [0.4, 0.5) is 4.39 Å². The molecule has 6 heteroatoms. The van der Waals surface area contributed by atoms with Gasteiger partial charge in [-0.1, -0.05) is 0 Å². The fourth-order valence-electron chi connectivity index (χ4n) is 2.69. The zero-order valence-corrected chi connectivity index (χ0v) is 14.2. The molecule has 0 spiro atoms. The van der Waals surface area contributed by atoms with Crippen molar-refractivity contribution in [2.24, 2.45) is 5.92 Å². The first-order valence-corrected chi connectivity index (χ1v) is 8.14. The van der Waals surface area contributed by atoms with E-state index in [0.29, 0.717) is 23.7 Å². The van der Waals surface area contributed by atoms with Gasteiger partial charge in [0, 0.05) is 18.0 Å². The van der Waals surface area contributed by atoms with E-state index in [9.17, 15) is 4.39 Å². The summed E-state index contributed by atoms with van der Waals surface area (Å²) in [6, 6.07) is 4.72. The molecule has 1 atom stereocenters. The van der Waals surface area contributed by atoms with E-state index < -0.39 is 18.3 Å². The molecule has 1 aromatic rings. The third-order valence-electron chi connectivity index (χ3n) is 4.98. The lowest BCUT2D eigenvalue weighted by atomic mass is 9.78. The van der Waals surface area contributed by atoms with Gasteiger partial charge in [-0.3, -0.25) is 0 Å². The summed E-state index contributed by atoms with van der Waals surface area (Å²) in [7, 11) is -0.724. The SMILES string of the molecule is CC1(C)OB(c2cc(OCC3CCOC3)ccc2F)OC1(C)C. The van der Waals surface area contributed by atoms with Crippen LogP contribution in [0.15, 0.2) is 18.2 Å². The van der Waals surface area contributed by atoms with E-state index in [1.54, 1.807) is 12.1 Å². The van der Waals surface area contributed by atoms with Gasteiger partial charge in [0.1, 0.15) is 11.6 Å². The van der Waals surface area contributed by atoms with Crippen molar-refractivity contribution in [2.45, 2.75) is 45.3 Å². The first kappa shape index (κ1) is 16.7. The van der Waals surface area contributed by atoms with Crippen molar-refractivity contribution in [3.8, 4) is 5.75 Å². The Kier molecular flexibility index (Phi) is 4.42. The van der Waals surface area contributed by atoms with E-state index in [4.69, 9.17) is 18.8 Å². The number of benzene rings is 1. The highest BCUT2D eigenvalue weighted by Gasteiger charge is 2.52. The minimum atomic E-state index is -0.724. The number of hydrogen-bond acceptors (Lipinski definition) is 4. The molecule has 2 heterocycles. The van der Waals surface area contributed by atoms with E-state index >= 15 is 0 Å². The summed E-state index contributed by atoms with van der Waals surface area (Å²) in [5.74, 6) is 0.684. The number of hydrogen-bond donors (Lipinski definition) is 0. The largest absolute Gasteiger partial charge is 0.497 e. The molecule has 2 fully saturated rings. The average Bonchev–Trinajstić information content (AvgIpc) is 3.04. The van der Waals surface area contributed by atoms with Gasteiger partial charge in [-0.25, -0.2) is 4.39 Å². The van der Waals surface area contributed by atoms with Crippen molar-refractivity contribution in [1.82, 2.24) is 0 Å². The van der Waals surface area contributed by atoms with Gasteiger partial charge in [-0.15, -0.1) is 0 Å². The highest BCUT2D eigenvalue weighted by Crippen LogP contribution is 2.36. The molecule has 3 rings (SSSR count). The summed E-state index contributed by atoms with van der Waals surface area (Å²) >= 11 is 0. The first-order chi connectivity index (χ1) is 10.8. The summed E-state index contributed by atoms with van der Waals surface area (Å²) in [5.41, 5.74) is -0.617. The van der Waals surface area contributed by atoms with Gasteiger partial charge in [0.05, 0.1) is 24.4 Å². The Bertz CT molecular complexity index is 554. The minimum Gasteiger partial charge on any atom is -0.493 e. The molecular formula is C17H24BFO4. The predicted molar refractivity (Wildman–Crippen MR) is 86.5 cm³/mol.